The van der Waals surface area contributed by atoms with Crippen molar-refractivity contribution < 1.29 is 4.52 Å². The topological polar surface area (TPSA) is 107 Å². The SMILES string of the molecule is Cc1nc(-c2cccc(-c3nc(C4(N)CCCC4)no3)c2)n[nH]1.Cl. The van der Waals surface area contributed by atoms with Gasteiger partial charge in [-0.25, -0.2) is 4.98 Å². The van der Waals surface area contributed by atoms with Gasteiger partial charge in [0.2, 0.25) is 0 Å². The molecule has 1 aliphatic rings. The van der Waals surface area contributed by atoms with Crippen molar-refractivity contribution in [3.63, 3.8) is 0 Å². The lowest BCUT2D eigenvalue weighted by atomic mass is 9.98. The molecule has 0 amide bonds. The smallest absolute Gasteiger partial charge is 0.258 e. The van der Waals surface area contributed by atoms with E-state index in [1.54, 1.807) is 0 Å². The Labute approximate surface area is 145 Å². The number of benzene rings is 1. The summed E-state index contributed by atoms with van der Waals surface area (Å²) in [6, 6.07) is 7.74. The highest BCUT2D eigenvalue weighted by Gasteiger charge is 2.36. The van der Waals surface area contributed by atoms with E-state index in [2.05, 4.69) is 25.3 Å². The minimum absolute atomic E-state index is 0. The molecule has 24 heavy (non-hydrogen) atoms. The number of halogens is 1. The zero-order chi connectivity index (χ0) is 15.9. The standard InChI is InChI=1S/C16H18N6O.ClH/c1-10-18-13(21-20-10)11-5-4-6-12(9-11)14-19-15(22-23-14)16(17)7-2-3-8-16;/h4-6,9H,2-3,7-8,17H2,1H3,(H,18,20,21);1H. The third kappa shape index (κ3) is 2.92. The van der Waals surface area contributed by atoms with Gasteiger partial charge in [0.25, 0.3) is 5.89 Å². The van der Waals surface area contributed by atoms with Crippen molar-refractivity contribution in [1.82, 2.24) is 25.3 Å². The molecule has 2 heterocycles. The Balaban J connectivity index is 0.00000169. The van der Waals surface area contributed by atoms with Gasteiger partial charge in [-0.1, -0.05) is 30.1 Å². The van der Waals surface area contributed by atoms with Crippen LogP contribution < -0.4 is 5.73 Å². The van der Waals surface area contributed by atoms with E-state index in [4.69, 9.17) is 10.3 Å². The fourth-order valence-corrected chi connectivity index (χ4v) is 3.04. The Kier molecular flexibility index (Phi) is 4.38. The molecule has 1 aliphatic carbocycles. The first kappa shape index (κ1) is 16.6. The van der Waals surface area contributed by atoms with Gasteiger partial charge in [-0.2, -0.15) is 10.1 Å². The number of nitrogens with two attached hydrogens (primary N) is 1. The Morgan fingerprint density at radius 3 is 2.62 bits per heavy atom. The van der Waals surface area contributed by atoms with Gasteiger partial charge in [-0.15, -0.1) is 12.4 Å². The Bertz CT molecular complexity index is 836. The van der Waals surface area contributed by atoms with E-state index in [0.717, 1.165) is 42.6 Å². The Hall–Kier alpha value is -2.25. The predicted molar refractivity (Wildman–Crippen MR) is 91.4 cm³/mol. The predicted octanol–water partition coefficient (Wildman–Crippen LogP) is 2.98. The molecule has 8 heteroatoms. The highest BCUT2D eigenvalue weighted by molar-refractivity contribution is 5.85. The van der Waals surface area contributed by atoms with Crippen LogP contribution in [0.25, 0.3) is 22.8 Å². The van der Waals surface area contributed by atoms with E-state index in [9.17, 15) is 0 Å². The van der Waals surface area contributed by atoms with Gasteiger partial charge in [0.1, 0.15) is 5.82 Å². The summed E-state index contributed by atoms with van der Waals surface area (Å²) in [7, 11) is 0. The van der Waals surface area contributed by atoms with Crippen LogP contribution in [0.3, 0.4) is 0 Å². The van der Waals surface area contributed by atoms with Gasteiger partial charge >= 0.3 is 0 Å². The number of aryl methyl sites for hydroxylation is 1. The first-order valence-electron chi connectivity index (χ1n) is 7.77. The second-order valence-electron chi connectivity index (χ2n) is 6.11. The molecule has 0 aliphatic heterocycles. The Morgan fingerprint density at radius 2 is 1.92 bits per heavy atom. The van der Waals surface area contributed by atoms with Gasteiger partial charge in [0, 0.05) is 11.1 Å². The summed E-state index contributed by atoms with van der Waals surface area (Å²) in [6.07, 6.45) is 4.03. The number of nitrogens with zero attached hydrogens (tertiary/aromatic N) is 4. The largest absolute Gasteiger partial charge is 0.334 e. The molecule has 0 radical (unpaired) electrons. The number of aromatic nitrogens is 5. The average Bonchev–Trinajstić information content (AvgIpc) is 3.28. The maximum absolute atomic E-state index is 6.39. The zero-order valence-electron chi connectivity index (χ0n) is 13.3. The van der Waals surface area contributed by atoms with E-state index in [-0.39, 0.29) is 12.4 Å². The first-order chi connectivity index (χ1) is 11.1. The van der Waals surface area contributed by atoms with Crippen molar-refractivity contribution in [1.29, 1.82) is 0 Å². The summed E-state index contributed by atoms with van der Waals surface area (Å²) < 4.78 is 5.43. The minimum Gasteiger partial charge on any atom is -0.334 e. The number of nitrogens with one attached hydrogen (secondary N) is 1. The van der Waals surface area contributed by atoms with Crippen LogP contribution in [0.4, 0.5) is 0 Å². The van der Waals surface area contributed by atoms with Crippen LogP contribution in [0, 0.1) is 6.92 Å². The summed E-state index contributed by atoms with van der Waals surface area (Å²) in [4.78, 5) is 8.86. The van der Waals surface area contributed by atoms with Gasteiger partial charge in [0.05, 0.1) is 5.54 Å². The first-order valence-corrected chi connectivity index (χ1v) is 7.77. The molecule has 126 valence electrons. The quantitative estimate of drug-likeness (QED) is 0.755. The number of H-pyrrole nitrogens is 1. The van der Waals surface area contributed by atoms with Crippen LogP contribution in [0.1, 0.15) is 37.3 Å². The van der Waals surface area contributed by atoms with Crippen molar-refractivity contribution >= 4 is 12.4 Å². The lowest BCUT2D eigenvalue weighted by Crippen LogP contribution is -2.34. The second-order valence-corrected chi connectivity index (χ2v) is 6.11. The number of hydrogen-bond donors (Lipinski definition) is 2. The number of hydrogen-bond acceptors (Lipinski definition) is 6. The van der Waals surface area contributed by atoms with E-state index in [0.29, 0.717) is 17.5 Å². The zero-order valence-corrected chi connectivity index (χ0v) is 14.1. The van der Waals surface area contributed by atoms with Crippen molar-refractivity contribution in [2.45, 2.75) is 38.1 Å². The molecule has 7 nitrogen and oxygen atoms in total. The third-order valence-corrected chi connectivity index (χ3v) is 4.33. The Morgan fingerprint density at radius 1 is 1.17 bits per heavy atom. The molecule has 2 aromatic heterocycles. The minimum atomic E-state index is -0.444. The molecule has 1 aromatic carbocycles. The molecule has 1 fully saturated rings. The summed E-state index contributed by atoms with van der Waals surface area (Å²) in [5.74, 6) is 2.50. The van der Waals surface area contributed by atoms with Crippen LogP contribution in [0.5, 0.6) is 0 Å². The summed E-state index contributed by atoms with van der Waals surface area (Å²) in [5.41, 5.74) is 7.68. The molecular formula is C16H19ClN6O. The molecule has 0 atom stereocenters. The lowest BCUT2D eigenvalue weighted by Gasteiger charge is -2.17. The molecule has 0 spiro atoms. The molecule has 0 bridgehead atoms. The van der Waals surface area contributed by atoms with Crippen molar-refractivity contribution in [2.75, 3.05) is 0 Å². The second kappa shape index (κ2) is 6.33. The number of rotatable bonds is 3. The molecule has 0 unspecified atom stereocenters. The summed E-state index contributed by atoms with van der Waals surface area (Å²) in [6.45, 7) is 1.87. The molecule has 3 aromatic rings. The van der Waals surface area contributed by atoms with Crippen molar-refractivity contribution in [3.05, 3.63) is 35.9 Å². The highest BCUT2D eigenvalue weighted by Crippen LogP contribution is 2.35. The van der Waals surface area contributed by atoms with E-state index in [1.807, 2.05) is 31.2 Å². The molecule has 0 saturated heterocycles. The third-order valence-electron chi connectivity index (χ3n) is 4.33. The fraction of sp³-hybridized carbons (Fsp3) is 0.375. The number of aromatic amines is 1. The van der Waals surface area contributed by atoms with Crippen LogP contribution in [0.15, 0.2) is 28.8 Å². The van der Waals surface area contributed by atoms with Gasteiger partial charge in [0.15, 0.2) is 11.6 Å². The monoisotopic (exact) mass is 346 g/mol. The van der Waals surface area contributed by atoms with Crippen LogP contribution in [-0.4, -0.2) is 25.3 Å². The maximum atomic E-state index is 6.39. The summed E-state index contributed by atoms with van der Waals surface area (Å²) >= 11 is 0. The van der Waals surface area contributed by atoms with E-state index in [1.165, 1.54) is 0 Å². The van der Waals surface area contributed by atoms with Crippen molar-refractivity contribution in [3.8, 4) is 22.8 Å². The molecule has 1 saturated carbocycles. The molecule has 4 rings (SSSR count). The van der Waals surface area contributed by atoms with Crippen LogP contribution >= 0.6 is 12.4 Å². The molecular weight excluding hydrogens is 328 g/mol. The van der Waals surface area contributed by atoms with Gasteiger partial charge in [-0.3, -0.25) is 5.10 Å². The summed E-state index contributed by atoms with van der Waals surface area (Å²) in [5, 5.41) is 11.1. The average molecular weight is 347 g/mol. The van der Waals surface area contributed by atoms with Gasteiger partial charge < -0.3 is 10.3 Å². The van der Waals surface area contributed by atoms with Crippen LogP contribution in [-0.2, 0) is 5.54 Å². The van der Waals surface area contributed by atoms with E-state index < -0.39 is 5.54 Å². The molecule has 3 N–H and O–H groups in total. The fourth-order valence-electron chi connectivity index (χ4n) is 3.04. The lowest BCUT2D eigenvalue weighted by molar-refractivity contribution is 0.372. The van der Waals surface area contributed by atoms with Gasteiger partial charge in [-0.05, 0) is 31.9 Å². The maximum Gasteiger partial charge on any atom is 0.258 e. The normalized spacial score (nSPS) is 16.1. The highest BCUT2D eigenvalue weighted by atomic mass is 35.5. The van der Waals surface area contributed by atoms with Crippen molar-refractivity contribution in [2.24, 2.45) is 5.73 Å². The van der Waals surface area contributed by atoms with E-state index >= 15 is 0 Å². The van der Waals surface area contributed by atoms with Crippen LogP contribution in [0.2, 0.25) is 0 Å².